The third-order valence-corrected chi connectivity index (χ3v) is 3.31. The van der Waals surface area contributed by atoms with Crippen LogP contribution < -0.4 is 20.5 Å². The monoisotopic (exact) mass is 313 g/mol. The van der Waals surface area contributed by atoms with Gasteiger partial charge in [0.25, 0.3) is 0 Å². The van der Waals surface area contributed by atoms with Gasteiger partial charge >= 0.3 is 0 Å². The average molecular weight is 313 g/mol. The fraction of sp³-hybridized carbons (Fsp3) is 0.278. The molecule has 5 nitrogen and oxygen atoms in total. The molecule has 0 spiro atoms. The molecule has 1 unspecified atom stereocenters. The molecule has 0 radical (unpaired) electrons. The maximum Gasteiger partial charge on any atom is 0.193 e. The van der Waals surface area contributed by atoms with Crippen LogP contribution in [0.2, 0.25) is 0 Å². The van der Waals surface area contributed by atoms with E-state index in [0.29, 0.717) is 12.5 Å². The van der Waals surface area contributed by atoms with Gasteiger partial charge in [0.05, 0.1) is 19.3 Å². The summed E-state index contributed by atoms with van der Waals surface area (Å²) in [5, 5.41) is 3.04. The van der Waals surface area contributed by atoms with Gasteiger partial charge in [-0.2, -0.15) is 0 Å². The number of nitrogens with zero attached hydrogens (tertiary/aromatic N) is 1. The number of anilines is 1. The quantitative estimate of drug-likeness (QED) is 0.635. The van der Waals surface area contributed by atoms with Crippen LogP contribution in [0.1, 0.15) is 12.5 Å². The molecule has 2 aromatic rings. The summed E-state index contributed by atoms with van der Waals surface area (Å²) in [6.07, 6.45) is -0.0749. The third kappa shape index (κ3) is 4.92. The highest BCUT2D eigenvalue weighted by atomic mass is 16.5. The van der Waals surface area contributed by atoms with Gasteiger partial charge in [-0.25, -0.2) is 4.99 Å². The van der Waals surface area contributed by atoms with Gasteiger partial charge in [0, 0.05) is 0 Å². The molecule has 3 N–H and O–H groups in total. The normalized spacial score (nSPS) is 12.6. The number of hydrogen-bond acceptors (Lipinski definition) is 3. The summed E-state index contributed by atoms with van der Waals surface area (Å²) in [5.41, 5.74) is 7.81. The van der Waals surface area contributed by atoms with Crippen LogP contribution in [0.15, 0.2) is 53.5 Å². The topological polar surface area (TPSA) is 68.9 Å². The van der Waals surface area contributed by atoms with Crippen LogP contribution in [0.4, 0.5) is 5.69 Å². The Morgan fingerprint density at radius 3 is 2.48 bits per heavy atom. The van der Waals surface area contributed by atoms with E-state index in [1.807, 2.05) is 62.4 Å². The largest absolute Gasteiger partial charge is 0.495 e. The second-order valence-electron chi connectivity index (χ2n) is 5.25. The summed E-state index contributed by atoms with van der Waals surface area (Å²) < 4.78 is 11.1. The molecule has 0 saturated heterocycles. The van der Waals surface area contributed by atoms with Crippen molar-refractivity contribution in [3.8, 4) is 11.5 Å². The number of nitrogens with one attached hydrogen (secondary N) is 1. The van der Waals surface area contributed by atoms with Gasteiger partial charge in [-0.3, -0.25) is 0 Å². The second-order valence-corrected chi connectivity index (χ2v) is 5.25. The van der Waals surface area contributed by atoms with E-state index in [2.05, 4.69) is 10.3 Å². The zero-order valence-corrected chi connectivity index (χ0v) is 13.7. The number of para-hydroxylation sites is 3. The molecule has 23 heavy (non-hydrogen) atoms. The molecule has 0 aliphatic carbocycles. The lowest BCUT2D eigenvalue weighted by Gasteiger charge is -2.15. The Hall–Kier alpha value is -2.69. The number of aryl methyl sites for hydroxylation is 1. The molecule has 5 heteroatoms. The average Bonchev–Trinajstić information content (AvgIpc) is 2.55. The smallest absolute Gasteiger partial charge is 0.193 e. The predicted molar refractivity (Wildman–Crippen MR) is 94.4 cm³/mol. The highest BCUT2D eigenvalue weighted by Gasteiger charge is 2.06. The van der Waals surface area contributed by atoms with Crippen LogP contribution in [0, 0.1) is 6.92 Å². The summed E-state index contributed by atoms with van der Waals surface area (Å²) in [6, 6.07) is 15.5. The fourth-order valence-electron chi connectivity index (χ4n) is 2.09. The molecule has 0 fully saturated rings. The fourth-order valence-corrected chi connectivity index (χ4v) is 2.09. The highest BCUT2D eigenvalue weighted by Crippen LogP contribution is 2.22. The number of nitrogens with two attached hydrogens (primary N) is 1. The molecule has 0 aliphatic heterocycles. The van der Waals surface area contributed by atoms with Crippen LogP contribution in [-0.2, 0) is 0 Å². The number of rotatable bonds is 6. The lowest BCUT2D eigenvalue weighted by Crippen LogP contribution is -2.26. The first kappa shape index (κ1) is 16.7. The first-order valence-electron chi connectivity index (χ1n) is 7.52. The third-order valence-electron chi connectivity index (χ3n) is 3.31. The van der Waals surface area contributed by atoms with Gasteiger partial charge in [-0.1, -0.05) is 30.3 Å². The second kappa shape index (κ2) is 8.08. The van der Waals surface area contributed by atoms with Gasteiger partial charge < -0.3 is 20.5 Å². The Morgan fingerprint density at radius 1 is 1.13 bits per heavy atom. The number of hydrogen-bond donors (Lipinski definition) is 2. The summed E-state index contributed by atoms with van der Waals surface area (Å²) >= 11 is 0. The van der Waals surface area contributed by atoms with Crippen LogP contribution >= 0.6 is 0 Å². The van der Waals surface area contributed by atoms with Gasteiger partial charge in [0.15, 0.2) is 5.96 Å². The molecule has 0 aromatic heterocycles. The first-order chi connectivity index (χ1) is 11.1. The van der Waals surface area contributed by atoms with Crippen molar-refractivity contribution in [3.05, 3.63) is 54.1 Å². The number of aliphatic imine (C=N–C) groups is 1. The standard InChI is InChI=1S/C18H23N3O2/c1-13-8-4-6-10-16(13)23-14(2)12-20-18(19)21-15-9-5-7-11-17(15)22-3/h4-11,14H,12H2,1-3H3,(H3,19,20,21). The van der Waals surface area contributed by atoms with Crippen molar-refractivity contribution < 1.29 is 9.47 Å². The molecule has 0 saturated carbocycles. The van der Waals surface area contributed by atoms with Crippen molar-refractivity contribution in [2.24, 2.45) is 10.7 Å². The summed E-state index contributed by atoms with van der Waals surface area (Å²) in [7, 11) is 1.62. The Morgan fingerprint density at radius 2 is 1.78 bits per heavy atom. The molecule has 2 rings (SSSR count). The molecule has 1 atom stereocenters. The van der Waals surface area contributed by atoms with E-state index >= 15 is 0 Å². The number of methoxy groups -OCH3 is 1. The number of guanidine groups is 1. The van der Waals surface area contributed by atoms with Gasteiger partial charge in [-0.15, -0.1) is 0 Å². The Bertz CT molecular complexity index is 671. The maximum absolute atomic E-state index is 5.93. The lowest BCUT2D eigenvalue weighted by atomic mass is 10.2. The molecular formula is C18H23N3O2. The van der Waals surface area contributed by atoms with Crippen molar-refractivity contribution in [1.82, 2.24) is 0 Å². The van der Waals surface area contributed by atoms with E-state index in [-0.39, 0.29) is 6.10 Å². The van der Waals surface area contributed by atoms with E-state index in [9.17, 15) is 0 Å². The van der Waals surface area contributed by atoms with E-state index in [0.717, 1.165) is 22.7 Å². The molecule has 122 valence electrons. The van der Waals surface area contributed by atoms with Crippen LogP contribution in [0.3, 0.4) is 0 Å². The van der Waals surface area contributed by atoms with Crippen molar-refractivity contribution in [2.45, 2.75) is 20.0 Å². The highest BCUT2D eigenvalue weighted by molar-refractivity contribution is 5.93. The molecule has 0 amide bonds. The van der Waals surface area contributed by atoms with Crippen molar-refractivity contribution >= 4 is 11.6 Å². The van der Waals surface area contributed by atoms with Crippen LogP contribution in [-0.4, -0.2) is 25.7 Å². The number of ether oxygens (including phenoxy) is 2. The predicted octanol–water partition coefficient (Wildman–Crippen LogP) is 3.20. The zero-order valence-electron chi connectivity index (χ0n) is 13.7. The first-order valence-corrected chi connectivity index (χ1v) is 7.52. The molecular weight excluding hydrogens is 290 g/mol. The minimum atomic E-state index is -0.0749. The minimum absolute atomic E-state index is 0.0749. The van der Waals surface area contributed by atoms with Gasteiger partial charge in [0.2, 0.25) is 0 Å². The van der Waals surface area contributed by atoms with Crippen LogP contribution in [0.5, 0.6) is 11.5 Å². The summed E-state index contributed by atoms with van der Waals surface area (Å²) in [6.45, 7) is 4.44. The van der Waals surface area contributed by atoms with Crippen molar-refractivity contribution in [2.75, 3.05) is 19.0 Å². The van der Waals surface area contributed by atoms with E-state index in [1.54, 1.807) is 7.11 Å². The Balaban J connectivity index is 1.92. The SMILES string of the molecule is COc1ccccc1NC(N)=NCC(C)Oc1ccccc1C. The Labute approximate surface area is 137 Å². The lowest BCUT2D eigenvalue weighted by molar-refractivity contribution is 0.229. The van der Waals surface area contributed by atoms with E-state index < -0.39 is 0 Å². The molecule has 0 bridgehead atoms. The van der Waals surface area contributed by atoms with Crippen molar-refractivity contribution in [3.63, 3.8) is 0 Å². The van der Waals surface area contributed by atoms with E-state index in [1.165, 1.54) is 0 Å². The summed E-state index contributed by atoms with van der Waals surface area (Å²) in [5.74, 6) is 1.91. The van der Waals surface area contributed by atoms with Crippen LogP contribution in [0.25, 0.3) is 0 Å². The van der Waals surface area contributed by atoms with Crippen molar-refractivity contribution in [1.29, 1.82) is 0 Å². The van der Waals surface area contributed by atoms with Gasteiger partial charge in [-0.05, 0) is 37.6 Å². The zero-order chi connectivity index (χ0) is 16.7. The molecule has 0 heterocycles. The maximum atomic E-state index is 5.93. The molecule has 0 aliphatic rings. The minimum Gasteiger partial charge on any atom is -0.495 e. The number of benzene rings is 2. The molecule has 2 aromatic carbocycles. The van der Waals surface area contributed by atoms with Gasteiger partial charge in [0.1, 0.15) is 17.6 Å². The van der Waals surface area contributed by atoms with E-state index in [4.69, 9.17) is 15.2 Å². The Kier molecular flexibility index (Phi) is 5.86. The summed E-state index contributed by atoms with van der Waals surface area (Å²) in [4.78, 5) is 4.32.